The van der Waals surface area contributed by atoms with Crippen LogP contribution in [0.2, 0.25) is 0 Å². The summed E-state index contributed by atoms with van der Waals surface area (Å²) in [6, 6.07) is 15.4. The number of anilines is 3. The Kier molecular flexibility index (Phi) is 6.43. The molecule has 0 radical (unpaired) electrons. The van der Waals surface area contributed by atoms with Gasteiger partial charge in [-0.3, -0.25) is 9.69 Å². The number of hydrogen-bond acceptors (Lipinski definition) is 8. The van der Waals surface area contributed by atoms with Crippen LogP contribution in [0.1, 0.15) is 5.56 Å². The zero-order valence-electron chi connectivity index (χ0n) is 20.4. The van der Waals surface area contributed by atoms with Crippen LogP contribution in [0.5, 0.6) is 5.75 Å². The number of ether oxygens (including phenoxy) is 1. The van der Waals surface area contributed by atoms with E-state index >= 15 is 0 Å². The number of nitrogens with zero attached hydrogens (tertiary/aromatic N) is 6. The summed E-state index contributed by atoms with van der Waals surface area (Å²) < 4.78 is 5.45. The molecular weight excluding hydrogens is 458 g/mol. The summed E-state index contributed by atoms with van der Waals surface area (Å²) in [5.41, 5.74) is 9.20. The van der Waals surface area contributed by atoms with E-state index in [1.54, 1.807) is 30.2 Å². The summed E-state index contributed by atoms with van der Waals surface area (Å²) in [5.74, 6) is 1.63. The van der Waals surface area contributed by atoms with E-state index in [0.29, 0.717) is 55.8 Å². The first-order valence-corrected chi connectivity index (χ1v) is 11.9. The third kappa shape index (κ3) is 4.09. The molecular formula is C26H29N7O3. The highest BCUT2D eigenvalue weighted by Crippen LogP contribution is 2.39. The Balaban J connectivity index is 1.37. The smallest absolute Gasteiger partial charge is 0.326 e. The number of urea groups is 1. The molecule has 0 bridgehead atoms. The number of para-hydroxylation sites is 1. The van der Waals surface area contributed by atoms with Crippen molar-refractivity contribution in [2.75, 3.05) is 55.0 Å². The normalized spacial score (nSPS) is 17.2. The third-order valence-electron chi connectivity index (χ3n) is 6.74. The molecule has 2 amide bonds. The number of fused-ring (bicyclic) bond motifs is 1. The molecule has 2 N–H and O–H groups in total. The maximum atomic E-state index is 13.6. The molecule has 1 aromatic heterocycles. The van der Waals surface area contributed by atoms with E-state index in [9.17, 15) is 9.59 Å². The van der Waals surface area contributed by atoms with Gasteiger partial charge in [0.05, 0.1) is 18.9 Å². The van der Waals surface area contributed by atoms with Crippen molar-refractivity contribution >= 4 is 29.5 Å². The molecule has 2 aliphatic heterocycles. The number of carbonyl (C=O) groups is 2. The molecule has 186 valence electrons. The maximum Gasteiger partial charge on any atom is 0.326 e. The van der Waals surface area contributed by atoms with Crippen LogP contribution >= 0.6 is 0 Å². The zero-order chi connectivity index (χ0) is 25.2. The van der Waals surface area contributed by atoms with E-state index in [1.807, 2.05) is 36.4 Å². The highest BCUT2D eigenvalue weighted by molar-refractivity contribution is 6.03. The molecule has 0 saturated carbocycles. The maximum absolute atomic E-state index is 13.6. The van der Waals surface area contributed by atoms with Gasteiger partial charge in [0.2, 0.25) is 0 Å². The molecule has 10 heteroatoms. The Hall–Kier alpha value is -4.18. The van der Waals surface area contributed by atoms with E-state index in [1.165, 1.54) is 4.90 Å². The Labute approximate surface area is 209 Å². The summed E-state index contributed by atoms with van der Waals surface area (Å²) in [5, 5.41) is 0. The van der Waals surface area contributed by atoms with Crippen molar-refractivity contribution in [3.8, 4) is 17.1 Å². The summed E-state index contributed by atoms with van der Waals surface area (Å²) in [7, 11) is 3.35. The van der Waals surface area contributed by atoms with Crippen LogP contribution in [0, 0.1) is 0 Å². The summed E-state index contributed by atoms with van der Waals surface area (Å²) in [4.78, 5) is 42.2. The molecule has 0 spiro atoms. The van der Waals surface area contributed by atoms with Gasteiger partial charge < -0.3 is 25.2 Å². The van der Waals surface area contributed by atoms with Crippen LogP contribution < -0.4 is 25.2 Å². The molecule has 10 nitrogen and oxygen atoms in total. The van der Waals surface area contributed by atoms with Gasteiger partial charge in [0.25, 0.3) is 0 Å². The minimum atomic E-state index is -0.797. The number of rotatable bonds is 5. The van der Waals surface area contributed by atoms with Crippen molar-refractivity contribution in [1.29, 1.82) is 0 Å². The Morgan fingerprint density at radius 3 is 2.64 bits per heavy atom. The predicted molar refractivity (Wildman–Crippen MR) is 138 cm³/mol. The van der Waals surface area contributed by atoms with Crippen LogP contribution in [-0.2, 0) is 11.3 Å². The van der Waals surface area contributed by atoms with Crippen LogP contribution in [0.4, 0.5) is 22.0 Å². The van der Waals surface area contributed by atoms with Crippen molar-refractivity contribution in [3.05, 3.63) is 60.3 Å². The Morgan fingerprint density at radius 2 is 1.92 bits per heavy atom. The van der Waals surface area contributed by atoms with Gasteiger partial charge in [0.1, 0.15) is 11.4 Å². The van der Waals surface area contributed by atoms with E-state index in [2.05, 4.69) is 22.0 Å². The number of likely N-dealkylation sites (N-methyl/N-ethyl adjacent to an activating group) is 1. The van der Waals surface area contributed by atoms with Gasteiger partial charge in [0.15, 0.2) is 24.1 Å². The van der Waals surface area contributed by atoms with Gasteiger partial charge in [-0.05, 0) is 29.8 Å². The quantitative estimate of drug-likeness (QED) is 0.547. The molecule has 2 aliphatic rings. The van der Waals surface area contributed by atoms with Crippen LogP contribution in [0.15, 0.2) is 54.7 Å². The SMILES string of the molecule is COc1ccccc1-c1ncc2c(n1)N(C)C(C=O)N2C(=O)N1CCN(c2cccc(CN)c2)CC1. The number of methoxy groups -OCH3 is 1. The first-order valence-electron chi connectivity index (χ1n) is 11.9. The lowest BCUT2D eigenvalue weighted by Gasteiger charge is -2.38. The first-order chi connectivity index (χ1) is 17.5. The summed E-state index contributed by atoms with van der Waals surface area (Å²) >= 11 is 0. The molecule has 1 atom stereocenters. The van der Waals surface area contributed by atoms with Gasteiger partial charge in [0, 0.05) is 45.5 Å². The van der Waals surface area contributed by atoms with Gasteiger partial charge in [-0.2, -0.15) is 0 Å². The van der Waals surface area contributed by atoms with Crippen LogP contribution in [-0.4, -0.2) is 73.7 Å². The fourth-order valence-electron chi connectivity index (χ4n) is 4.75. The number of nitrogens with two attached hydrogens (primary N) is 1. The monoisotopic (exact) mass is 487 g/mol. The molecule has 1 unspecified atom stereocenters. The number of piperazine rings is 1. The average molecular weight is 488 g/mol. The third-order valence-corrected chi connectivity index (χ3v) is 6.74. The Morgan fingerprint density at radius 1 is 1.14 bits per heavy atom. The lowest BCUT2D eigenvalue weighted by atomic mass is 10.1. The number of amides is 2. The summed E-state index contributed by atoms with van der Waals surface area (Å²) in [6.07, 6.45) is 1.57. The lowest BCUT2D eigenvalue weighted by molar-refractivity contribution is -0.108. The average Bonchev–Trinajstić information content (AvgIpc) is 3.23. The highest BCUT2D eigenvalue weighted by Gasteiger charge is 2.41. The topological polar surface area (TPSA) is 108 Å². The predicted octanol–water partition coefficient (Wildman–Crippen LogP) is 2.33. The number of aldehydes is 1. The molecule has 36 heavy (non-hydrogen) atoms. The molecule has 1 saturated heterocycles. The second kappa shape index (κ2) is 9.82. The molecule has 1 fully saturated rings. The van der Waals surface area contributed by atoms with E-state index in [4.69, 9.17) is 15.5 Å². The van der Waals surface area contributed by atoms with Crippen LogP contribution in [0.25, 0.3) is 11.4 Å². The van der Waals surface area contributed by atoms with E-state index in [0.717, 1.165) is 23.1 Å². The standard InChI is InChI=1S/C26H29N7O3/c1-30-23(17-34)33(21-16-28-24(29-25(21)30)20-8-3-4-9-22(20)36-2)26(35)32-12-10-31(11-13-32)19-7-5-6-18(14-19)15-27/h3-9,14,16-17,23H,10-13,15,27H2,1-2H3. The van der Waals surface area contributed by atoms with Gasteiger partial charge in [-0.25, -0.2) is 14.8 Å². The number of benzene rings is 2. The van der Waals surface area contributed by atoms with Crippen molar-refractivity contribution in [3.63, 3.8) is 0 Å². The van der Waals surface area contributed by atoms with E-state index in [-0.39, 0.29) is 6.03 Å². The molecule has 0 aliphatic carbocycles. The first kappa shape index (κ1) is 23.6. The number of aromatic nitrogens is 2. The molecule has 3 heterocycles. The van der Waals surface area contributed by atoms with Gasteiger partial charge in [-0.1, -0.05) is 24.3 Å². The van der Waals surface area contributed by atoms with Crippen molar-refractivity contribution in [1.82, 2.24) is 14.9 Å². The van der Waals surface area contributed by atoms with Crippen molar-refractivity contribution in [2.24, 2.45) is 5.73 Å². The van der Waals surface area contributed by atoms with Crippen molar-refractivity contribution < 1.29 is 14.3 Å². The number of hydrogen-bond donors (Lipinski definition) is 1. The fraction of sp³-hybridized carbons (Fsp3) is 0.308. The van der Waals surface area contributed by atoms with Gasteiger partial charge >= 0.3 is 6.03 Å². The van der Waals surface area contributed by atoms with Crippen LogP contribution in [0.3, 0.4) is 0 Å². The second-order valence-corrected chi connectivity index (χ2v) is 8.76. The minimum absolute atomic E-state index is 0.235. The lowest BCUT2D eigenvalue weighted by Crippen LogP contribution is -2.56. The van der Waals surface area contributed by atoms with Crippen molar-refractivity contribution in [2.45, 2.75) is 12.7 Å². The fourth-order valence-corrected chi connectivity index (χ4v) is 4.75. The molecule has 3 aromatic rings. The second-order valence-electron chi connectivity index (χ2n) is 8.76. The minimum Gasteiger partial charge on any atom is -0.496 e. The largest absolute Gasteiger partial charge is 0.496 e. The summed E-state index contributed by atoms with van der Waals surface area (Å²) in [6.45, 7) is 2.93. The molecule has 5 rings (SSSR count). The zero-order valence-corrected chi connectivity index (χ0v) is 20.4. The van der Waals surface area contributed by atoms with Gasteiger partial charge in [-0.15, -0.1) is 0 Å². The van der Waals surface area contributed by atoms with E-state index < -0.39 is 6.17 Å². The molecule has 2 aromatic carbocycles. The number of carbonyl (C=O) groups excluding carboxylic acids is 2. The highest BCUT2D eigenvalue weighted by atomic mass is 16.5. The Bertz CT molecular complexity index is 1280.